The average molecular weight is 367 g/mol. The molecule has 0 spiro atoms. The van der Waals surface area contributed by atoms with Crippen molar-refractivity contribution in [3.05, 3.63) is 40.4 Å². The van der Waals surface area contributed by atoms with Crippen LogP contribution in [-0.2, 0) is 14.4 Å². The molecule has 0 bridgehead atoms. The average Bonchev–Trinajstić information content (AvgIpc) is 2.79. The number of allylic oxidation sites excluding steroid dienone is 1. The molecule has 1 N–H and O–H groups in total. The predicted molar refractivity (Wildman–Crippen MR) is 96.8 cm³/mol. The minimum Gasteiger partial charge on any atom is -0.324 e. The van der Waals surface area contributed by atoms with Crippen LogP contribution in [0.15, 0.2) is 35.4 Å². The minimum absolute atomic E-state index is 0.0834. The zero-order valence-corrected chi connectivity index (χ0v) is 15.3. The van der Waals surface area contributed by atoms with Crippen molar-refractivity contribution < 1.29 is 14.4 Å². The molecule has 1 fully saturated rings. The van der Waals surface area contributed by atoms with E-state index >= 15 is 0 Å². The number of hydrogen-bond acceptors (Lipinski definition) is 4. The van der Waals surface area contributed by atoms with Crippen molar-refractivity contribution in [2.45, 2.75) is 20.8 Å². The van der Waals surface area contributed by atoms with E-state index in [4.69, 9.17) is 11.6 Å². The van der Waals surface area contributed by atoms with E-state index < -0.39 is 5.41 Å². The highest BCUT2D eigenvalue weighted by Crippen LogP contribution is 2.30. The Hall–Kier alpha value is -1.79. The van der Waals surface area contributed by atoms with Gasteiger partial charge in [0.15, 0.2) is 5.78 Å². The van der Waals surface area contributed by atoms with Gasteiger partial charge in [0.2, 0.25) is 11.8 Å². The van der Waals surface area contributed by atoms with Crippen molar-refractivity contribution in [2.24, 2.45) is 5.41 Å². The first-order chi connectivity index (χ1) is 11.2. The lowest BCUT2D eigenvalue weighted by Crippen LogP contribution is -2.34. The molecule has 0 saturated carbocycles. The molecule has 2 amide bonds. The van der Waals surface area contributed by atoms with Gasteiger partial charge in [-0.1, -0.05) is 50.2 Å². The molecule has 7 heteroatoms. The zero-order chi connectivity index (χ0) is 17.9. The van der Waals surface area contributed by atoms with Crippen LogP contribution >= 0.6 is 23.4 Å². The van der Waals surface area contributed by atoms with Gasteiger partial charge in [0.1, 0.15) is 6.54 Å². The summed E-state index contributed by atoms with van der Waals surface area (Å²) in [7, 11) is 0. The number of hydrogen-bond donors (Lipinski definition) is 1. The lowest BCUT2D eigenvalue weighted by Gasteiger charge is -2.19. The van der Waals surface area contributed by atoms with Crippen molar-refractivity contribution in [2.75, 3.05) is 17.6 Å². The predicted octanol–water partition coefficient (Wildman–Crippen LogP) is 3.31. The van der Waals surface area contributed by atoms with E-state index in [0.717, 1.165) is 0 Å². The van der Waals surface area contributed by atoms with Crippen molar-refractivity contribution in [1.29, 1.82) is 0 Å². The van der Waals surface area contributed by atoms with E-state index in [0.29, 0.717) is 15.7 Å². The van der Waals surface area contributed by atoms with E-state index in [2.05, 4.69) is 5.32 Å². The topological polar surface area (TPSA) is 66.5 Å². The fourth-order valence-electron chi connectivity index (χ4n) is 1.94. The SMILES string of the molecule is CC(C)(C)C(=O)/C=C1\SCC(=O)N1CC(=O)Nc1cccc(Cl)c1. The summed E-state index contributed by atoms with van der Waals surface area (Å²) in [6.45, 7) is 5.29. The van der Waals surface area contributed by atoms with E-state index in [9.17, 15) is 14.4 Å². The van der Waals surface area contributed by atoms with Crippen LogP contribution in [0.3, 0.4) is 0 Å². The number of carbonyl (C=O) groups excluding carboxylic acids is 3. The highest BCUT2D eigenvalue weighted by Gasteiger charge is 2.30. The van der Waals surface area contributed by atoms with Crippen LogP contribution in [0, 0.1) is 5.41 Å². The second kappa shape index (κ2) is 7.40. The Morgan fingerprint density at radius 2 is 2.08 bits per heavy atom. The molecule has 1 heterocycles. The summed E-state index contributed by atoms with van der Waals surface area (Å²) in [4.78, 5) is 37.7. The molecule has 0 radical (unpaired) electrons. The first-order valence-electron chi connectivity index (χ1n) is 7.41. The number of nitrogens with one attached hydrogen (secondary N) is 1. The number of halogens is 1. The standard InChI is InChI=1S/C17H19ClN2O3S/c1-17(2,3)13(21)8-16-20(15(23)10-24-16)9-14(22)19-12-6-4-5-11(18)7-12/h4-8H,9-10H2,1-3H3,(H,19,22)/b16-8-. The van der Waals surface area contributed by atoms with Gasteiger partial charge in [-0.2, -0.15) is 0 Å². The van der Waals surface area contributed by atoms with E-state index in [1.807, 2.05) is 20.8 Å². The van der Waals surface area contributed by atoms with Gasteiger partial charge in [-0.05, 0) is 18.2 Å². The molecular weight excluding hydrogens is 348 g/mol. The van der Waals surface area contributed by atoms with Crippen LogP contribution < -0.4 is 5.32 Å². The van der Waals surface area contributed by atoms with Crippen LogP contribution in [0.2, 0.25) is 5.02 Å². The van der Waals surface area contributed by atoms with Gasteiger partial charge in [0.05, 0.1) is 10.8 Å². The third-order valence-electron chi connectivity index (χ3n) is 3.31. The van der Waals surface area contributed by atoms with Gasteiger partial charge in [0, 0.05) is 22.2 Å². The molecule has 1 aromatic carbocycles. The Morgan fingerprint density at radius 3 is 2.71 bits per heavy atom. The molecule has 1 aromatic rings. The van der Waals surface area contributed by atoms with Crippen LogP contribution in [0.1, 0.15) is 20.8 Å². The molecule has 0 aromatic heterocycles. The largest absolute Gasteiger partial charge is 0.324 e. The van der Waals surface area contributed by atoms with Crippen molar-refractivity contribution in [3.8, 4) is 0 Å². The maximum absolute atomic E-state index is 12.2. The molecule has 24 heavy (non-hydrogen) atoms. The Balaban J connectivity index is 2.08. The van der Waals surface area contributed by atoms with Gasteiger partial charge < -0.3 is 5.32 Å². The van der Waals surface area contributed by atoms with Crippen molar-refractivity contribution in [3.63, 3.8) is 0 Å². The molecule has 5 nitrogen and oxygen atoms in total. The molecule has 2 rings (SSSR count). The lowest BCUT2D eigenvalue weighted by atomic mass is 9.91. The third kappa shape index (κ3) is 4.85. The van der Waals surface area contributed by atoms with Crippen molar-refractivity contribution in [1.82, 2.24) is 4.90 Å². The summed E-state index contributed by atoms with van der Waals surface area (Å²) >= 11 is 7.15. The third-order valence-corrected chi connectivity index (χ3v) is 4.57. The van der Waals surface area contributed by atoms with Crippen molar-refractivity contribution >= 4 is 46.6 Å². The first-order valence-corrected chi connectivity index (χ1v) is 8.78. The molecular formula is C17H19ClN2O3S. The van der Waals surface area contributed by atoms with Gasteiger partial charge in [-0.3, -0.25) is 19.3 Å². The number of ketones is 1. The fourth-order valence-corrected chi connectivity index (χ4v) is 3.07. The van der Waals surface area contributed by atoms with E-state index in [1.165, 1.54) is 22.7 Å². The number of amides is 2. The molecule has 128 valence electrons. The minimum atomic E-state index is -0.534. The molecule has 1 aliphatic heterocycles. The summed E-state index contributed by atoms with van der Waals surface area (Å²) in [6.07, 6.45) is 1.45. The summed E-state index contributed by atoms with van der Waals surface area (Å²) < 4.78 is 0. The highest BCUT2D eigenvalue weighted by molar-refractivity contribution is 8.04. The Bertz CT molecular complexity index is 710. The highest BCUT2D eigenvalue weighted by atomic mass is 35.5. The number of anilines is 1. The Morgan fingerprint density at radius 1 is 1.38 bits per heavy atom. The van der Waals surface area contributed by atoms with E-state index in [1.54, 1.807) is 24.3 Å². The van der Waals surface area contributed by atoms with Crippen LogP contribution in [0.4, 0.5) is 5.69 Å². The summed E-state index contributed by atoms with van der Waals surface area (Å²) in [5.74, 6) is -0.385. The maximum atomic E-state index is 12.2. The number of rotatable bonds is 4. The fraction of sp³-hybridized carbons (Fsp3) is 0.353. The van der Waals surface area contributed by atoms with Crippen LogP contribution in [0.5, 0.6) is 0 Å². The van der Waals surface area contributed by atoms with Gasteiger partial charge in [-0.15, -0.1) is 0 Å². The first kappa shape index (κ1) is 18.5. The molecule has 0 atom stereocenters. The number of thioether (sulfide) groups is 1. The summed E-state index contributed by atoms with van der Waals surface area (Å²) in [6, 6.07) is 6.77. The zero-order valence-electron chi connectivity index (χ0n) is 13.8. The Kier molecular flexibility index (Phi) is 5.72. The van der Waals surface area contributed by atoms with Gasteiger partial charge in [-0.25, -0.2) is 0 Å². The smallest absolute Gasteiger partial charge is 0.244 e. The maximum Gasteiger partial charge on any atom is 0.244 e. The Labute approximate surface area is 150 Å². The van der Waals surface area contributed by atoms with E-state index in [-0.39, 0.29) is 29.9 Å². The lowest BCUT2D eigenvalue weighted by molar-refractivity contribution is -0.129. The summed E-state index contributed by atoms with van der Waals surface area (Å²) in [5, 5.41) is 3.72. The summed E-state index contributed by atoms with van der Waals surface area (Å²) in [5.41, 5.74) is 0.0246. The normalized spacial score (nSPS) is 16.6. The quantitative estimate of drug-likeness (QED) is 0.830. The number of carbonyl (C=O) groups is 3. The second-order valence-electron chi connectivity index (χ2n) is 6.42. The second-order valence-corrected chi connectivity index (χ2v) is 7.86. The van der Waals surface area contributed by atoms with Gasteiger partial charge in [0.25, 0.3) is 0 Å². The van der Waals surface area contributed by atoms with Gasteiger partial charge >= 0.3 is 0 Å². The van der Waals surface area contributed by atoms with Crippen LogP contribution in [0.25, 0.3) is 0 Å². The number of benzene rings is 1. The molecule has 1 saturated heterocycles. The molecule has 0 aliphatic carbocycles. The monoisotopic (exact) mass is 366 g/mol. The molecule has 1 aliphatic rings. The van der Waals surface area contributed by atoms with Crippen LogP contribution in [-0.4, -0.2) is 34.8 Å². The number of nitrogens with zero attached hydrogens (tertiary/aromatic N) is 1. The molecule has 0 unspecified atom stereocenters.